The quantitative estimate of drug-likeness (QED) is 0.498. The molecule has 3 aliphatic carbocycles. The van der Waals surface area contributed by atoms with E-state index in [0.29, 0.717) is 6.04 Å². The highest BCUT2D eigenvalue weighted by Gasteiger charge is 2.36. The molecule has 0 saturated heterocycles. The van der Waals surface area contributed by atoms with Crippen molar-refractivity contribution in [2.24, 2.45) is 17.6 Å². The molecule has 1 heteroatoms. The average Bonchev–Trinajstić information content (AvgIpc) is 1.62. The lowest BCUT2D eigenvalue weighted by molar-refractivity contribution is 0.0986. The zero-order valence-corrected chi connectivity index (χ0v) is 5.14. The smallest absolute Gasteiger partial charge is 0.00441 e. The minimum Gasteiger partial charge on any atom is -0.328 e. The summed E-state index contributed by atoms with van der Waals surface area (Å²) in [4.78, 5) is 0. The third-order valence-electron chi connectivity index (χ3n) is 2.61. The standard InChI is InChI=1S/C7H13N/c8-7-3-5-1-6(2-5)4-7/h5-7H,1-4,8H2. The summed E-state index contributed by atoms with van der Waals surface area (Å²) >= 11 is 0. The van der Waals surface area contributed by atoms with Gasteiger partial charge in [0.05, 0.1) is 0 Å². The van der Waals surface area contributed by atoms with E-state index in [4.69, 9.17) is 5.73 Å². The van der Waals surface area contributed by atoms with E-state index in [0.717, 1.165) is 11.8 Å². The van der Waals surface area contributed by atoms with Crippen LogP contribution >= 0.6 is 0 Å². The summed E-state index contributed by atoms with van der Waals surface area (Å²) in [6.45, 7) is 0. The Morgan fingerprint density at radius 2 is 1.38 bits per heavy atom. The topological polar surface area (TPSA) is 26.0 Å². The molecule has 3 rings (SSSR count). The minimum absolute atomic E-state index is 0.562. The Hall–Kier alpha value is -0.0400. The predicted octanol–water partition coefficient (Wildman–Crippen LogP) is 1.13. The van der Waals surface area contributed by atoms with Gasteiger partial charge in [0.25, 0.3) is 0 Å². The second-order valence-electron chi connectivity index (χ2n) is 3.43. The molecule has 1 nitrogen and oxygen atoms in total. The Morgan fingerprint density at radius 1 is 0.875 bits per heavy atom. The number of fused-ring (bicyclic) bond motifs is 2. The summed E-state index contributed by atoms with van der Waals surface area (Å²) in [5.74, 6) is 2.06. The number of hydrogen-bond donors (Lipinski definition) is 1. The Labute approximate surface area is 50.3 Å². The fourth-order valence-electron chi connectivity index (χ4n) is 2.21. The maximum absolute atomic E-state index is 5.76. The fraction of sp³-hybridized carbons (Fsp3) is 1.00. The van der Waals surface area contributed by atoms with Gasteiger partial charge < -0.3 is 5.73 Å². The maximum atomic E-state index is 5.76. The highest BCUT2D eigenvalue weighted by molar-refractivity contribution is 4.90. The van der Waals surface area contributed by atoms with Gasteiger partial charge in [-0.25, -0.2) is 0 Å². The highest BCUT2D eigenvalue weighted by atomic mass is 14.7. The van der Waals surface area contributed by atoms with Crippen LogP contribution in [0.4, 0.5) is 0 Å². The van der Waals surface area contributed by atoms with Crippen LogP contribution in [0.3, 0.4) is 0 Å². The molecule has 46 valence electrons. The van der Waals surface area contributed by atoms with Crippen LogP contribution in [0.5, 0.6) is 0 Å². The summed E-state index contributed by atoms with van der Waals surface area (Å²) in [6, 6.07) is 0.562. The largest absolute Gasteiger partial charge is 0.328 e. The van der Waals surface area contributed by atoms with Gasteiger partial charge in [0.15, 0.2) is 0 Å². The first kappa shape index (κ1) is 4.80. The zero-order chi connectivity index (χ0) is 5.56. The van der Waals surface area contributed by atoms with Gasteiger partial charge >= 0.3 is 0 Å². The first-order valence-electron chi connectivity index (χ1n) is 3.60. The van der Waals surface area contributed by atoms with E-state index in [1.807, 2.05) is 0 Å². The lowest BCUT2D eigenvalue weighted by Gasteiger charge is -2.43. The van der Waals surface area contributed by atoms with E-state index in [9.17, 15) is 0 Å². The van der Waals surface area contributed by atoms with Crippen LogP contribution in [0.1, 0.15) is 25.7 Å². The lowest BCUT2D eigenvalue weighted by atomic mass is 9.64. The maximum Gasteiger partial charge on any atom is 0.00441 e. The normalized spacial score (nSPS) is 52.9. The van der Waals surface area contributed by atoms with Gasteiger partial charge in [0, 0.05) is 6.04 Å². The summed E-state index contributed by atoms with van der Waals surface area (Å²) in [7, 11) is 0. The molecule has 0 unspecified atom stereocenters. The number of nitrogens with two attached hydrogens (primary N) is 1. The molecular weight excluding hydrogens is 98.1 g/mol. The van der Waals surface area contributed by atoms with Crippen LogP contribution in [0.25, 0.3) is 0 Å². The predicted molar refractivity (Wildman–Crippen MR) is 33.4 cm³/mol. The van der Waals surface area contributed by atoms with Gasteiger partial charge in [-0.3, -0.25) is 0 Å². The molecule has 3 saturated carbocycles. The van der Waals surface area contributed by atoms with Crippen molar-refractivity contribution in [1.82, 2.24) is 0 Å². The molecule has 0 spiro atoms. The lowest BCUT2D eigenvalue weighted by Crippen LogP contribution is -2.40. The van der Waals surface area contributed by atoms with Crippen LogP contribution in [0.15, 0.2) is 0 Å². The Bertz CT molecular complexity index is 84.6. The summed E-state index contributed by atoms with van der Waals surface area (Å²) < 4.78 is 0. The van der Waals surface area contributed by atoms with E-state index in [1.165, 1.54) is 25.7 Å². The van der Waals surface area contributed by atoms with Crippen molar-refractivity contribution in [2.45, 2.75) is 31.7 Å². The molecule has 0 aromatic carbocycles. The van der Waals surface area contributed by atoms with E-state index >= 15 is 0 Å². The third-order valence-corrected chi connectivity index (χ3v) is 2.61. The van der Waals surface area contributed by atoms with Crippen molar-refractivity contribution in [3.63, 3.8) is 0 Å². The molecule has 8 heavy (non-hydrogen) atoms. The van der Waals surface area contributed by atoms with Crippen LogP contribution in [-0.2, 0) is 0 Å². The third kappa shape index (κ3) is 0.576. The van der Waals surface area contributed by atoms with Gasteiger partial charge in [-0.1, -0.05) is 0 Å². The van der Waals surface area contributed by atoms with Crippen LogP contribution in [0, 0.1) is 11.8 Å². The molecule has 0 radical (unpaired) electrons. The Morgan fingerprint density at radius 3 is 1.62 bits per heavy atom. The number of hydrogen-bond acceptors (Lipinski definition) is 1. The van der Waals surface area contributed by atoms with E-state index in [2.05, 4.69) is 0 Å². The molecule has 0 aliphatic heterocycles. The molecule has 0 heterocycles. The first-order valence-corrected chi connectivity index (χ1v) is 3.60. The van der Waals surface area contributed by atoms with Gasteiger partial charge in [0.1, 0.15) is 0 Å². The van der Waals surface area contributed by atoms with Gasteiger partial charge in [-0.05, 0) is 37.5 Å². The van der Waals surface area contributed by atoms with E-state index in [1.54, 1.807) is 0 Å². The highest BCUT2D eigenvalue weighted by Crippen LogP contribution is 2.44. The second kappa shape index (κ2) is 1.47. The molecule has 3 aliphatic rings. The van der Waals surface area contributed by atoms with Crippen molar-refractivity contribution in [1.29, 1.82) is 0 Å². The molecule has 0 amide bonds. The van der Waals surface area contributed by atoms with Gasteiger partial charge in [0.2, 0.25) is 0 Å². The van der Waals surface area contributed by atoms with Gasteiger partial charge in [-0.15, -0.1) is 0 Å². The molecule has 0 aromatic heterocycles. The van der Waals surface area contributed by atoms with Crippen molar-refractivity contribution < 1.29 is 0 Å². The molecule has 3 fully saturated rings. The van der Waals surface area contributed by atoms with Crippen LogP contribution in [-0.4, -0.2) is 6.04 Å². The molecule has 0 aromatic rings. The van der Waals surface area contributed by atoms with Crippen molar-refractivity contribution in [3.05, 3.63) is 0 Å². The monoisotopic (exact) mass is 111 g/mol. The second-order valence-corrected chi connectivity index (χ2v) is 3.43. The van der Waals surface area contributed by atoms with Gasteiger partial charge in [-0.2, -0.15) is 0 Å². The fourth-order valence-corrected chi connectivity index (χ4v) is 2.21. The van der Waals surface area contributed by atoms with Crippen LogP contribution < -0.4 is 5.73 Å². The van der Waals surface area contributed by atoms with Crippen molar-refractivity contribution in [3.8, 4) is 0 Å². The Kier molecular flexibility index (Phi) is 0.884. The minimum atomic E-state index is 0.562. The average molecular weight is 111 g/mol. The summed E-state index contributed by atoms with van der Waals surface area (Å²) in [6.07, 6.45) is 5.62. The molecule has 2 N–H and O–H groups in total. The molecule has 0 atom stereocenters. The SMILES string of the molecule is NC1CC2CC(C1)C2. The van der Waals surface area contributed by atoms with Crippen molar-refractivity contribution in [2.75, 3.05) is 0 Å². The van der Waals surface area contributed by atoms with Crippen LogP contribution in [0.2, 0.25) is 0 Å². The molecule has 2 bridgehead atoms. The van der Waals surface area contributed by atoms with E-state index in [-0.39, 0.29) is 0 Å². The Balaban J connectivity index is 1.97. The number of rotatable bonds is 0. The van der Waals surface area contributed by atoms with E-state index < -0.39 is 0 Å². The molecular formula is C7H13N. The zero-order valence-electron chi connectivity index (χ0n) is 5.14. The summed E-state index contributed by atoms with van der Waals surface area (Å²) in [5, 5.41) is 0. The van der Waals surface area contributed by atoms with Crippen molar-refractivity contribution >= 4 is 0 Å². The first-order chi connectivity index (χ1) is 3.84. The summed E-state index contributed by atoms with van der Waals surface area (Å²) in [5.41, 5.74) is 5.76.